The first-order valence-corrected chi connectivity index (χ1v) is 14.9. The topological polar surface area (TPSA) is 48.1 Å². The molecule has 0 aliphatic carbocycles. The van der Waals surface area contributed by atoms with E-state index in [1.807, 2.05) is 24.5 Å². The molecule has 0 radical (unpaired) electrons. The van der Waals surface area contributed by atoms with E-state index in [0.717, 1.165) is 72.1 Å². The van der Waals surface area contributed by atoms with Gasteiger partial charge in [-0.05, 0) is 65.6 Å². The van der Waals surface area contributed by atoms with Crippen molar-refractivity contribution in [3.8, 4) is 33.5 Å². The van der Waals surface area contributed by atoms with Crippen LogP contribution in [0.2, 0.25) is 0 Å². The summed E-state index contributed by atoms with van der Waals surface area (Å²) in [4.78, 5) is 17.7. The molecule has 7 rings (SSSR count). The molecule has 212 valence electrons. The number of benzene rings is 3. The van der Waals surface area contributed by atoms with Gasteiger partial charge >= 0.3 is 0 Å². The molecular weight excluding hydrogens is 526 g/mol. The number of hydrogen-bond donors (Lipinski definition) is 1. The summed E-state index contributed by atoms with van der Waals surface area (Å²) in [6, 6.07) is 36.4. The Morgan fingerprint density at radius 3 is 2.21 bits per heavy atom. The Balaban J connectivity index is 1.21. The van der Waals surface area contributed by atoms with E-state index in [1.165, 1.54) is 27.6 Å². The summed E-state index contributed by atoms with van der Waals surface area (Å²) in [5.41, 5.74) is 12.5. The van der Waals surface area contributed by atoms with Crippen LogP contribution in [0.15, 0.2) is 122 Å². The van der Waals surface area contributed by atoms with Crippen molar-refractivity contribution in [3.05, 3.63) is 139 Å². The van der Waals surface area contributed by atoms with E-state index in [0.29, 0.717) is 0 Å². The summed E-state index contributed by atoms with van der Waals surface area (Å²) < 4.78 is 0. The number of pyridine rings is 2. The lowest BCUT2D eigenvalue weighted by Gasteiger charge is -2.37. The third-order valence-electron chi connectivity index (χ3n) is 8.55. The Morgan fingerprint density at radius 1 is 0.744 bits per heavy atom. The zero-order valence-electron chi connectivity index (χ0n) is 24.5. The summed E-state index contributed by atoms with van der Waals surface area (Å²) >= 11 is 0. The fourth-order valence-corrected chi connectivity index (χ4v) is 6.16. The highest BCUT2D eigenvalue weighted by molar-refractivity contribution is 6.05. The van der Waals surface area contributed by atoms with Crippen LogP contribution in [0.5, 0.6) is 0 Å². The number of fused-ring (bicyclic) bond motifs is 1. The lowest BCUT2D eigenvalue weighted by Crippen LogP contribution is -2.44. The molecule has 3 aromatic heterocycles. The van der Waals surface area contributed by atoms with E-state index < -0.39 is 0 Å². The molecule has 1 aliphatic heterocycles. The summed E-state index contributed by atoms with van der Waals surface area (Å²) in [7, 11) is 0. The zero-order chi connectivity index (χ0) is 29.2. The van der Waals surface area contributed by atoms with Gasteiger partial charge in [0.05, 0.1) is 11.4 Å². The molecule has 5 heteroatoms. The first-order valence-electron chi connectivity index (χ1n) is 14.9. The van der Waals surface area contributed by atoms with Crippen LogP contribution in [0.3, 0.4) is 0 Å². The molecule has 43 heavy (non-hydrogen) atoms. The highest BCUT2D eigenvalue weighted by Gasteiger charge is 2.21. The Labute approximate surface area is 253 Å². The Bertz CT molecular complexity index is 1870. The van der Waals surface area contributed by atoms with Gasteiger partial charge in [-0.2, -0.15) is 0 Å². The van der Waals surface area contributed by atoms with Gasteiger partial charge in [0.1, 0.15) is 0 Å². The second-order valence-electron chi connectivity index (χ2n) is 11.2. The van der Waals surface area contributed by atoms with E-state index in [9.17, 15) is 0 Å². The summed E-state index contributed by atoms with van der Waals surface area (Å²) in [6.45, 7) is 11.4. The highest BCUT2D eigenvalue weighted by Crippen LogP contribution is 2.40. The number of nitrogens with one attached hydrogen (secondary N) is 1. The predicted molar refractivity (Wildman–Crippen MR) is 177 cm³/mol. The first kappa shape index (κ1) is 26.9. The summed E-state index contributed by atoms with van der Waals surface area (Å²) in [6.07, 6.45) is 3.73. The molecule has 1 N–H and O–H groups in total. The Morgan fingerprint density at radius 2 is 1.47 bits per heavy atom. The van der Waals surface area contributed by atoms with E-state index in [-0.39, 0.29) is 0 Å². The van der Waals surface area contributed by atoms with Gasteiger partial charge in [-0.15, -0.1) is 0 Å². The molecule has 1 fully saturated rings. The van der Waals surface area contributed by atoms with Crippen LogP contribution in [0.1, 0.15) is 17.0 Å². The molecule has 1 aliphatic rings. The Kier molecular flexibility index (Phi) is 7.32. The molecule has 0 amide bonds. The first-order chi connectivity index (χ1) is 21.1. The van der Waals surface area contributed by atoms with Crippen molar-refractivity contribution in [2.24, 2.45) is 0 Å². The van der Waals surface area contributed by atoms with Crippen molar-refractivity contribution in [2.45, 2.75) is 13.5 Å². The van der Waals surface area contributed by atoms with Crippen molar-refractivity contribution in [1.82, 2.24) is 24.8 Å². The van der Waals surface area contributed by atoms with Gasteiger partial charge in [0.2, 0.25) is 0 Å². The molecule has 0 unspecified atom stereocenters. The number of aryl methyl sites for hydroxylation is 1. The SMILES string of the molecule is C=C(c1ccc2[nH]c(-c3cccnc3C)c(-c3ccc(-c4ccccc4)cc3)c2c1)N1CCN(Cc2ccccn2)CC1. The predicted octanol–water partition coefficient (Wildman–Crippen LogP) is 8.06. The van der Waals surface area contributed by atoms with Crippen molar-refractivity contribution in [1.29, 1.82) is 0 Å². The normalized spacial score (nSPS) is 13.8. The van der Waals surface area contributed by atoms with Gasteiger partial charge in [0, 0.05) is 78.5 Å². The van der Waals surface area contributed by atoms with Crippen LogP contribution in [0.4, 0.5) is 0 Å². The molecule has 0 saturated carbocycles. The molecule has 4 heterocycles. The monoisotopic (exact) mass is 561 g/mol. The summed E-state index contributed by atoms with van der Waals surface area (Å²) in [5, 5.41) is 1.19. The molecule has 0 bridgehead atoms. The Hall–Kier alpha value is -5.00. The highest BCUT2D eigenvalue weighted by atomic mass is 15.3. The van der Waals surface area contributed by atoms with Gasteiger partial charge in [-0.25, -0.2) is 0 Å². The molecule has 1 saturated heterocycles. The minimum absolute atomic E-state index is 0.888. The number of aromatic amines is 1. The van der Waals surface area contributed by atoms with Crippen molar-refractivity contribution in [2.75, 3.05) is 26.2 Å². The third kappa shape index (κ3) is 5.47. The van der Waals surface area contributed by atoms with Crippen LogP contribution < -0.4 is 0 Å². The smallest absolute Gasteiger partial charge is 0.0562 e. The maximum atomic E-state index is 4.60. The number of piperazine rings is 1. The van der Waals surface area contributed by atoms with Crippen molar-refractivity contribution < 1.29 is 0 Å². The lowest BCUT2D eigenvalue weighted by molar-refractivity contribution is 0.168. The zero-order valence-corrected chi connectivity index (χ0v) is 24.5. The molecule has 0 spiro atoms. The van der Waals surface area contributed by atoms with Gasteiger partial charge in [0.15, 0.2) is 0 Å². The average Bonchev–Trinajstić information content (AvgIpc) is 3.44. The maximum Gasteiger partial charge on any atom is 0.0562 e. The van der Waals surface area contributed by atoms with Gasteiger partial charge in [0.25, 0.3) is 0 Å². The summed E-state index contributed by atoms with van der Waals surface area (Å²) in [5.74, 6) is 0. The quantitative estimate of drug-likeness (QED) is 0.214. The second kappa shape index (κ2) is 11.7. The van der Waals surface area contributed by atoms with Crippen LogP contribution in [0.25, 0.3) is 50.1 Å². The number of nitrogens with zero attached hydrogens (tertiary/aromatic N) is 4. The number of aromatic nitrogens is 3. The van der Waals surface area contributed by atoms with E-state index in [1.54, 1.807) is 0 Å². The van der Waals surface area contributed by atoms with E-state index in [2.05, 4.69) is 129 Å². The van der Waals surface area contributed by atoms with Crippen LogP contribution in [-0.4, -0.2) is 50.9 Å². The van der Waals surface area contributed by atoms with Crippen molar-refractivity contribution in [3.63, 3.8) is 0 Å². The number of rotatable bonds is 7. The number of H-pyrrole nitrogens is 1. The number of hydrogen-bond acceptors (Lipinski definition) is 4. The fourth-order valence-electron chi connectivity index (χ4n) is 6.16. The van der Waals surface area contributed by atoms with Crippen LogP contribution in [-0.2, 0) is 6.54 Å². The largest absolute Gasteiger partial charge is 0.369 e. The lowest BCUT2D eigenvalue weighted by atomic mass is 9.95. The average molecular weight is 562 g/mol. The second-order valence-corrected chi connectivity index (χ2v) is 11.2. The molecule has 6 aromatic rings. The van der Waals surface area contributed by atoms with Crippen molar-refractivity contribution >= 4 is 16.6 Å². The standard InChI is InChI=1S/C38H35N5/c1-27-34(12-8-20-39-27)38-37(31-15-13-30(14-16-31)29-9-4-3-5-10-29)35-25-32(17-18-36(35)41-38)28(2)43-23-21-42(22-24-43)26-33-11-6-7-19-40-33/h3-20,25,41H,2,21-24,26H2,1H3. The molecule has 3 aromatic carbocycles. The molecule has 0 atom stereocenters. The van der Waals surface area contributed by atoms with Gasteiger partial charge in [-0.3, -0.25) is 14.9 Å². The minimum Gasteiger partial charge on any atom is -0.369 e. The van der Waals surface area contributed by atoms with Gasteiger partial charge in [-0.1, -0.05) is 73.3 Å². The maximum absolute atomic E-state index is 4.60. The molecular formula is C38H35N5. The molecule has 5 nitrogen and oxygen atoms in total. The fraction of sp³-hybridized carbons (Fsp3) is 0.158. The van der Waals surface area contributed by atoms with E-state index in [4.69, 9.17) is 0 Å². The third-order valence-corrected chi connectivity index (χ3v) is 8.55. The van der Waals surface area contributed by atoms with E-state index >= 15 is 0 Å². The minimum atomic E-state index is 0.888. The van der Waals surface area contributed by atoms with Crippen LogP contribution in [0, 0.1) is 6.92 Å². The van der Waals surface area contributed by atoms with Gasteiger partial charge < -0.3 is 9.88 Å². The van der Waals surface area contributed by atoms with Crippen LogP contribution >= 0.6 is 0 Å².